The van der Waals surface area contributed by atoms with Crippen LogP contribution >= 0.6 is 0 Å². The standard InChI is InChI=1S/C12H15FN2O/c1-15(8-4-2-5-8)12(16)9-6-3-7-10(13)11(9)14/h3,6-8H,2,4-5,14H2,1H3. The van der Waals surface area contributed by atoms with Crippen LogP contribution < -0.4 is 5.73 Å². The SMILES string of the molecule is CN(C(=O)c1cccc(F)c1N)C1CCC1. The first-order valence-corrected chi connectivity index (χ1v) is 5.42. The Bertz CT molecular complexity index is 415. The van der Waals surface area contributed by atoms with Gasteiger partial charge in [-0.1, -0.05) is 6.07 Å². The van der Waals surface area contributed by atoms with Crippen molar-refractivity contribution in [1.29, 1.82) is 0 Å². The van der Waals surface area contributed by atoms with Crippen LogP contribution in [0.5, 0.6) is 0 Å². The summed E-state index contributed by atoms with van der Waals surface area (Å²) >= 11 is 0. The number of hydrogen-bond acceptors (Lipinski definition) is 2. The fourth-order valence-corrected chi connectivity index (χ4v) is 1.85. The minimum absolute atomic E-state index is 0.0568. The summed E-state index contributed by atoms with van der Waals surface area (Å²) in [5, 5.41) is 0. The van der Waals surface area contributed by atoms with E-state index in [9.17, 15) is 9.18 Å². The van der Waals surface area contributed by atoms with E-state index in [1.54, 1.807) is 18.0 Å². The number of amides is 1. The Kier molecular flexibility index (Phi) is 2.81. The van der Waals surface area contributed by atoms with Gasteiger partial charge in [0.15, 0.2) is 0 Å². The number of carbonyl (C=O) groups is 1. The second kappa shape index (κ2) is 4.12. The van der Waals surface area contributed by atoms with Crippen LogP contribution in [0.3, 0.4) is 0 Å². The molecule has 1 aliphatic rings. The summed E-state index contributed by atoms with van der Waals surface area (Å²) in [4.78, 5) is 13.7. The third kappa shape index (κ3) is 1.75. The molecule has 1 aliphatic carbocycles. The lowest BCUT2D eigenvalue weighted by molar-refractivity contribution is 0.0652. The first kappa shape index (κ1) is 10.9. The Balaban J connectivity index is 2.22. The summed E-state index contributed by atoms with van der Waals surface area (Å²) in [6.45, 7) is 0. The fraction of sp³-hybridized carbons (Fsp3) is 0.417. The normalized spacial score (nSPS) is 15.6. The quantitative estimate of drug-likeness (QED) is 0.778. The van der Waals surface area contributed by atoms with Gasteiger partial charge < -0.3 is 10.6 Å². The van der Waals surface area contributed by atoms with E-state index in [2.05, 4.69) is 0 Å². The van der Waals surface area contributed by atoms with E-state index in [0.29, 0.717) is 0 Å². The van der Waals surface area contributed by atoms with Crippen molar-refractivity contribution in [2.45, 2.75) is 25.3 Å². The van der Waals surface area contributed by atoms with Crippen molar-refractivity contribution in [3.05, 3.63) is 29.6 Å². The zero-order valence-electron chi connectivity index (χ0n) is 9.24. The molecule has 2 N–H and O–H groups in total. The molecule has 1 amide bonds. The molecular weight excluding hydrogens is 207 g/mol. The Morgan fingerprint density at radius 2 is 2.19 bits per heavy atom. The number of halogens is 1. The third-order valence-electron chi connectivity index (χ3n) is 3.23. The van der Waals surface area contributed by atoms with E-state index in [1.165, 1.54) is 12.1 Å². The third-order valence-corrected chi connectivity index (χ3v) is 3.23. The average Bonchev–Trinajstić information content (AvgIpc) is 2.18. The molecule has 0 saturated heterocycles. The predicted octanol–water partition coefficient (Wildman–Crippen LogP) is 2.03. The first-order chi connectivity index (χ1) is 7.61. The highest BCUT2D eigenvalue weighted by Crippen LogP contribution is 2.26. The van der Waals surface area contributed by atoms with E-state index in [4.69, 9.17) is 5.73 Å². The molecule has 0 spiro atoms. The maximum absolute atomic E-state index is 13.2. The Morgan fingerprint density at radius 1 is 1.50 bits per heavy atom. The van der Waals surface area contributed by atoms with Gasteiger partial charge >= 0.3 is 0 Å². The molecule has 0 atom stereocenters. The Morgan fingerprint density at radius 3 is 2.75 bits per heavy atom. The second-order valence-corrected chi connectivity index (χ2v) is 4.20. The number of nitrogen functional groups attached to an aromatic ring is 1. The monoisotopic (exact) mass is 222 g/mol. The molecule has 1 fully saturated rings. The van der Waals surface area contributed by atoms with Crippen molar-refractivity contribution in [2.24, 2.45) is 0 Å². The molecule has 1 saturated carbocycles. The predicted molar refractivity (Wildman–Crippen MR) is 60.5 cm³/mol. The summed E-state index contributed by atoms with van der Waals surface area (Å²) in [5.74, 6) is -0.727. The number of hydrogen-bond donors (Lipinski definition) is 1. The van der Waals surface area contributed by atoms with Crippen molar-refractivity contribution in [2.75, 3.05) is 12.8 Å². The van der Waals surface area contributed by atoms with Crippen LogP contribution in [0.4, 0.5) is 10.1 Å². The van der Waals surface area contributed by atoms with Gasteiger partial charge in [0.1, 0.15) is 5.82 Å². The van der Waals surface area contributed by atoms with Crippen molar-refractivity contribution in [1.82, 2.24) is 4.90 Å². The van der Waals surface area contributed by atoms with Crippen molar-refractivity contribution in [3.8, 4) is 0 Å². The largest absolute Gasteiger partial charge is 0.396 e. The summed E-state index contributed by atoms with van der Waals surface area (Å²) in [7, 11) is 1.75. The van der Waals surface area contributed by atoms with Gasteiger partial charge in [0.05, 0.1) is 11.3 Å². The molecule has 0 unspecified atom stereocenters. The van der Waals surface area contributed by atoms with Gasteiger partial charge in [-0.25, -0.2) is 4.39 Å². The number of anilines is 1. The summed E-state index contributed by atoms with van der Waals surface area (Å²) < 4.78 is 13.2. The van der Waals surface area contributed by atoms with Gasteiger partial charge in [0.2, 0.25) is 0 Å². The van der Waals surface area contributed by atoms with Gasteiger partial charge in [0, 0.05) is 13.1 Å². The Labute approximate surface area is 94.0 Å². The minimum atomic E-state index is -0.534. The highest BCUT2D eigenvalue weighted by atomic mass is 19.1. The summed E-state index contributed by atoms with van der Waals surface area (Å²) in [6.07, 6.45) is 3.20. The molecule has 1 aromatic carbocycles. The minimum Gasteiger partial charge on any atom is -0.396 e. The Hall–Kier alpha value is -1.58. The molecule has 2 rings (SSSR count). The highest BCUT2D eigenvalue weighted by molar-refractivity contribution is 5.99. The second-order valence-electron chi connectivity index (χ2n) is 4.20. The topological polar surface area (TPSA) is 46.3 Å². The lowest BCUT2D eigenvalue weighted by Crippen LogP contribution is -2.41. The van der Waals surface area contributed by atoms with Gasteiger partial charge in [-0.15, -0.1) is 0 Å². The molecule has 0 bridgehead atoms. The number of rotatable bonds is 2. The van der Waals surface area contributed by atoms with Gasteiger partial charge in [-0.2, -0.15) is 0 Å². The smallest absolute Gasteiger partial charge is 0.256 e. The summed E-state index contributed by atoms with van der Waals surface area (Å²) in [5.41, 5.74) is 5.76. The van der Waals surface area contributed by atoms with E-state index in [-0.39, 0.29) is 23.2 Å². The van der Waals surface area contributed by atoms with Crippen LogP contribution in [-0.2, 0) is 0 Å². The number of nitrogens with two attached hydrogens (primary N) is 1. The molecule has 1 aromatic rings. The van der Waals surface area contributed by atoms with Crippen LogP contribution in [0.2, 0.25) is 0 Å². The maximum atomic E-state index is 13.2. The van der Waals surface area contributed by atoms with Gasteiger partial charge in [-0.05, 0) is 31.4 Å². The lowest BCUT2D eigenvalue weighted by atomic mass is 9.91. The van der Waals surface area contributed by atoms with E-state index in [1.807, 2.05) is 0 Å². The van der Waals surface area contributed by atoms with Crippen LogP contribution in [0.1, 0.15) is 29.6 Å². The van der Waals surface area contributed by atoms with Gasteiger partial charge in [-0.3, -0.25) is 4.79 Å². The van der Waals surface area contributed by atoms with Gasteiger partial charge in [0.25, 0.3) is 5.91 Å². The van der Waals surface area contributed by atoms with Crippen molar-refractivity contribution < 1.29 is 9.18 Å². The molecule has 0 aromatic heterocycles. The number of nitrogens with zero attached hydrogens (tertiary/aromatic N) is 1. The molecule has 86 valence electrons. The average molecular weight is 222 g/mol. The molecule has 0 heterocycles. The van der Waals surface area contributed by atoms with E-state index >= 15 is 0 Å². The van der Waals surface area contributed by atoms with E-state index < -0.39 is 5.82 Å². The number of para-hydroxylation sites is 1. The van der Waals surface area contributed by atoms with Crippen LogP contribution in [-0.4, -0.2) is 23.9 Å². The van der Waals surface area contributed by atoms with E-state index in [0.717, 1.165) is 19.3 Å². The number of benzene rings is 1. The highest BCUT2D eigenvalue weighted by Gasteiger charge is 2.27. The first-order valence-electron chi connectivity index (χ1n) is 5.42. The summed E-state index contributed by atoms with van der Waals surface area (Å²) in [6, 6.07) is 4.62. The number of carbonyl (C=O) groups excluding carboxylic acids is 1. The van der Waals surface area contributed by atoms with Crippen LogP contribution in [0.15, 0.2) is 18.2 Å². The maximum Gasteiger partial charge on any atom is 0.256 e. The zero-order chi connectivity index (χ0) is 11.7. The molecule has 0 aliphatic heterocycles. The molecule has 0 radical (unpaired) electrons. The molecular formula is C12H15FN2O. The molecule has 16 heavy (non-hydrogen) atoms. The fourth-order valence-electron chi connectivity index (χ4n) is 1.85. The van der Waals surface area contributed by atoms with Crippen LogP contribution in [0, 0.1) is 5.82 Å². The lowest BCUT2D eigenvalue weighted by Gasteiger charge is -2.34. The van der Waals surface area contributed by atoms with Crippen LogP contribution in [0.25, 0.3) is 0 Å². The molecule has 4 heteroatoms. The van der Waals surface area contributed by atoms with Crippen molar-refractivity contribution in [3.63, 3.8) is 0 Å². The molecule has 3 nitrogen and oxygen atoms in total. The van der Waals surface area contributed by atoms with Crippen molar-refractivity contribution >= 4 is 11.6 Å². The zero-order valence-corrected chi connectivity index (χ0v) is 9.24.